The van der Waals surface area contributed by atoms with Gasteiger partial charge in [0.1, 0.15) is 17.7 Å². The number of ether oxygens (including phenoxy) is 1. The first-order valence-electron chi connectivity index (χ1n) is 12.0. The van der Waals surface area contributed by atoms with Gasteiger partial charge in [-0.1, -0.05) is 53.6 Å². The number of anilines is 1. The summed E-state index contributed by atoms with van der Waals surface area (Å²) < 4.78 is 5.23. The largest absolute Gasteiger partial charge is 0.444 e. The van der Waals surface area contributed by atoms with Crippen LogP contribution < -0.4 is 16.4 Å². The summed E-state index contributed by atoms with van der Waals surface area (Å²) in [6.45, 7) is 7.79. The molecule has 2 aromatic rings. The van der Waals surface area contributed by atoms with Gasteiger partial charge in [-0.15, -0.1) is 0 Å². The number of nitrogens with zero attached hydrogens (tertiary/aromatic N) is 1. The molecular weight excluding hydrogens is 512 g/mol. The first-order valence-corrected chi connectivity index (χ1v) is 12.4. The number of aliphatic hydroxyl groups excluding tert-OH is 1. The van der Waals surface area contributed by atoms with Crippen molar-refractivity contribution in [2.45, 2.75) is 58.7 Å². The molecule has 2 unspecified atom stereocenters. The molecule has 0 aliphatic carbocycles. The van der Waals surface area contributed by atoms with Crippen LogP contribution in [0.2, 0.25) is 5.02 Å². The molecule has 2 aromatic carbocycles. The summed E-state index contributed by atoms with van der Waals surface area (Å²) in [4.78, 5) is 52.9. The summed E-state index contributed by atoms with van der Waals surface area (Å²) in [5.41, 5.74) is 6.93. The van der Waals surface area contributed by atoms with Gasteiger partial charge in [0.15, 0.2) is 0 Å². The molecule has 38 heavy (non-hydrogen) atoms. The van der Waals surface area contributed by atoms with Gasteiger partial charge >= 0.3 is 6.09 Å². The Hall–Kier alpha value is -3.63. The normalized spacial score (nSPS) is 12.7. The number of primary amides is 1. The molecule has 206 valence electrons. The lowest BCUT2D eigenvalue weighted by molar-refractivity contribution is -0.142. The van der Waals surface area contributed by atoms with Gasteiger partial charge < -0.3 is 31.1 Å². The molecule has 0 saturated heterocycles. The van der Waals surface area contributed by atoms with Crippen molar-refractivity contribution in [1.29, 1.82) is 0 Å². The van der Waals surface area contributed by atoms with Crippen molar-refractivity contribution in [3.05, 3.63) is 64.2 Å². The lowest BCUT2D eigenvalue weighted by Gasteiger charge is -2.34. The molecule has 0 bridgehead atoms. The third kappa shape index (κ3) is 8.74. The average Bonchev–Trinajstić information content (AvgIpc) is 2.80. The molecule has 0 aliphatic heterocycles. The van der Waals surface area contributed by atoms with E-state index >= 15 is 0 Å². The molecular formula is C27H35ClN4O6. The number of alkyl carbamates (subject to hydrolysis) is 1. The molecule has 4 amide bonds. The first kappa shape index (κ1) is 30.6. The fraction of sp³-hybridized carbons (Fsp3) is 0.407. The second kappa shape index (κ2) is 13.3. The fourth-order valence-electron chi connectivity index (χ4n) is 3.73. The van der Waals surface area contributed by atoms with Crippen LogP contribution in [0.1, 0.15) is 49.9 Å². The SMILES string of the molecule is Cc1ccc(C(C(=O)Nc2c(C)cccc2Cl)N(CCO)C(=O)C(CC(N)=O)NC(=O)OC(C)(C)C)cc1. The zero-order valence-corrected chi connectivity index (χ0v) is 23.0. The molecule has 0 heterocycles. The molecule has 10 nitrogen and oxygen atoms in total. The van der Waals surface area contributed by atoms with E-state index in [9.17, 15) is 24.3 Å². The Balaban J connectivity index is 2.53. The average molecular weight is 547 g/mol. The molecule has 11 heteroatoms. The van der Waals surface area contributed by atoms with Crippen LogP contribution in [0.3, 0.4) is 0 Å². The van der Waals surface area contributed by atoms with Gasteiger partial charge in [0, 0.05) is 6.54 Å². The molecule has 0 saturated carbocycles. The van der Waals surface area contributed by atoms with E-state index in [4.69, 9.17) is 22.1 Å². The Morgan fingerprint density at radius 3 is 2.24 bits per heavy atom. The number of hydrogen-bond donors (Lipinski definition) is 4. The summed E-state index contributed by atoms with van der Waals surface area (Å²) in [7, 11) is 0. The van der Waals surface area contributed by atoms with Gasteiger partial charge in [0.25, 0.3) is 5.91 Å². The predicted octanol–water partition coefficient (Wildman–Crippen LogP) is 3.23. The van der Waals surface area contributed by atoms with Gasteiger partial charge in [-0.3, -0.25) is 14.4 Å². The standard InChI is InChI=1S/C27H35ClN4O6/c1-16-9-11-18(12-10-16)23(24(35)31-22-17(2)7-6-8-19(22)28)32(13-14-33)25(36)20(15-21(29)34)30-26(37)38-27(3,4)5/h6-12,20,23,33H,13-15H2,1-5H3,(H2,29,34)(H,30,37)(H,31,35). The minimum Gasteiger partial charge on any atom is -0.444 e. The third-order valence-corrected chi connectivity index (χ3v) is 5.76. The smallest absolute Gasteiger partial charge is 0.408 e. The number of carbonyl (C=O) groups excluding carboxylic acids is 4. The van der Waals surface area contributed by atoms with E-state index in [1.807, 2.05) is 6.92 Å². The first-order chi connectivity index (χ1) is 17.7. The fourth-order valence-corrected chi connectivity index (χ4v) is 4.00. The summed E-state index contributed by atoms with van der Waals surface area (Å²) in [6.07, 6.45) is -1.49. The maximum atomic E-state index is 13.8. The quantitative estimate of drug-likeness (QED) is 0.359. The maximum Gasteiger partial charge on any atom is 0.408 e. The Kier molecular flexibility index (Phi) is 10.7. The second-order valence-electron chi connectivity index (χ2n) is 9.86. The molecule has 0 aliphatic rings. The summed E-state index contributed by atoms with van der Waals surface area (Å²) in [6, 6.07) is 9.35. The summed E-state index contributed by atoms with van der Waals surface area (Å²) >= 11 is 6.32. The lowest BCUT2D eigenvalue weighted by Crippen LogP contribution is -2.54. The number of carbonyl (C=O) groups is 4. The van der Waals surface area contributed by atoms with Gasteiger partial charge in [0.2, 0.25) is 11.8 Å². The van der Waals surface area contributed by atoms with E-state index in [0.29, 0.717) is 21.8 Å². The molecule has 0 fully saturated rings. The highest BCUT2D eigenvalue weighted by Gasteiger charge is 2.37. The topological polar surface area (TPSA) is 151 Å². The molecule has 0 aromatic heterocycles. The number of halogens is 1. The maximum absolute atomic E-state index is 13.8. The number of hydrogen-bond acceptors (Lipinski definition) is 6. The number of nitrogens with two attached hydrogens (primary N) is 1. The number of rotatable bonds is 10. The van der Waals surface area contributed by atoms with Crippen LogP contribution in [0.4, 0.5) is 10.5 Å². The summed E-state index contributed by atoms with van der Waals surface area (Å²) in [5.74, 6) is -2.27. The highest BCUT2D eigenvalue weighted by molar-refractivity contribution is 6.34. The summed E-state index contributed by atoms with van der Waals surface area (Å²) in [5, 5.41) is 15.3. The van der Waals surface area contributed by atoms with E-state index < -0.39 is 54.5 Å². The van der Waals surface area contributed by atoms with Crippen LogP contribution in [-0.2, 0) is 19.1 Å². The van der Waals surface area contributed by atoms with E-state index in [-0.39, 0.29) is 6.54 Å². The highest BCUT2D eigenvalue weighted by Crippen LogP contribution is 2.29. The van der Waals surface area contributed by atoms with Gasteiger partial charge in [0.05, 0.1) is 23.7 Å². The number of para-hydroxylation sites is 1. The zero-order chi connectivity index (χ0) is 28.6. The monoisotopic (exact) mass is 546 g/mol. The molecule has 0 radical (unpaired) electrons. The van der Waals surface area contributed by atoms with Crippen molar-refractivity contribution in [3.8, 4) is 0 Å². The second-order valence-corrected chi connectivity index (χ2v) is 10.3. The van der Waals surface area contributed by atoms with Crippen molar-refractivity contribution in [2.24, 2.45) is 5.73 Å². The molecule has 2 atom stereocenters. The van der Waals surface area contributed by atoms with Crippen LogP contribution in [0, 0.1) is 13.8 Å². The van der Waals surface area contributed by atoms with E-state index in [2.05, 4.69) is 10.6 Å². The minimum atomic E-state index is -1.45. The Morgan fingerprint density at radius 2 is 1.71 bits per heavy atom. The van der Waals surface area contributed by atoms with Crippen molar-refractivity contribution >= 4 is 41.1 Å². The van der Waals surface area contributed by atoms with Gasteiger partial charge in [-0.25, -0.2) is 4.79 Å². The van der Waals surface area contributed by atoms with Crippen molar-refractivity contribution in [2.75, 3.05) is 18.5 Å². The number of amides is 4. The molecule has 5 N–H and O–H groups in total. The van der Waals surface area contributed by atoms with Crippen LogP contribution in [0.5, 0.6) is 0 Å². The molecule has 2 rings (SSSR count). The minimum absolute atomic E-state index is 0.280. The van der Waals surface area contributed by atoms with E-state index in [1.165, 1.54) is 0 Å². The number of aryl methyl sites for hydroxylation is 2. The Labute approximate surface area is 227 Å². The van der Waals surface area contributed by atoms with E-state index in [0.717, 1.165) is 10.5 Å². The number of benzene rings is 2. The van der Waals surface area contributed by atoms with Crippen LogP contribution in [0.15, 0.2) is 42.5 Å². The zero-order valence-electron chi connectivity index (χ0n) is 22.2. The van der Waals surface area contributed by atoms with Crippen LogP contribution in [-0.4, -0.2) is 58.6 Å². The Bertz CT molecular complexity index is 1140. The van der Waals surface area contributed by atoms with Crippen molar-refractivity contribution in [1.82, 2.24) is 10.2 Å². The van der Waals surface area contributed by atoms with E-state index in [1.54, 1.807) is 70.2 Å². The van der Waals surface area contributed by atoms with Crippen LogP contribution in [0.25, 0.3) is 0 Å². The number of nitrogens with one attached hydrogen (secondary N) is 2. The predicted molar refractivity (Wildman–Crippen MR) is 145 cm³/mol. The third-order valence-electron chi connectivity index (χ3n) is 5.44. The van der Waals surface area contributed by atoms with Crippen molar-refractivity contribution < 1.29 is 29.0 Å². The lowest BCUT2D eigenvalue weighted by atomic mass is 10.0. The molecule has 0 spiro atoms. The van der Waals surface area contributed by atoms with Gasteiger partial charge in [-0.05, 0) is 51.8 Å². The highest BCUT2D eigenvalue weighted by atomic mass is 35.5. The Morgan fingerprint density at radius 1 is 1.08 bits per heavy atom. The van der Waals surface area contributed by atoms with Crippen LogP contribution >= 0.6 is 11.6 Å². The van der Waals surface area contributed by atoms with Crippen molar-refractivity contribution in [3.63, 3.8) is 0 Å². The van der Waals surface area contributed by atoms with Gasteiger partial charge in [-0.2, -0.15) is 0 Å². The number of aliphatic hydroxyl groups is 1.